The highest BCUT2D eigenvalue weighted by molar-refractivity contribution is 14.1. The van der Waals surface area contributed by atoms with Crippen LogP contribution in [-0.4, -0.2) is 29.9 Å². The van der Waals surface area contributed by atoms with Gasteiger partial charge in [0, 0.05) is 15.6 Å². The van der Waals surface area contributed by atoms with Gasteiger partial charge in [0.05, 0.1) is 9.78 Å². The summed E-state index contributed by atoms with van der Waals surface area (Å²) in [5.41, 5.74) is 3.78. The summed E-state index contributed by atoms with van der Waals surface area (Å²) < 4.78 is 12.1. The lowest BCUT2D eigenvalue weighted by Gasteiger charge is -2.10. The van der Waals surface area contributed by atoms with E-state index >= 15 is 0 Å². The molecule has 1 aliphatic rings. The quantitative estimate of drug-likeness (QED) is 0.161. The number of aromatic hydroxyl groups is 1. The van der Waals surface area contributed by atoms with Crippen molar-refractivity contribution in [2.24, 2.45) is 5.10 Å². The third-order valence-corrected chi connectivity index (χ3v) is 5.94. The van der Waals surface area contributed by atoms with Gasteiger partial charge in [0.15, 0.2) is 11.5 Å². The van der Waals surface area contributed by atoms with Crippen LogP contribution in [0.5, 0.6) is 17.2 Å². The second-order valence-electron chi connectivity index (χ2n) is 7.02. The molecule has 2 amide bonds. The topological polar surface area (TPSA) is 109 Å². The molecule has 3 aromatic rings. The molecule has 4 rings (SSSR count). The van der Waals surface area contributed by atoms with Crippen molar-refractivity contribution >= 4 is 62.6 Å². The van der Waals surface area contributed by atoms with E-state index in [0.29, 0.717) is 31.8 Å². The van der Waals surface area contributed by atoms with E-state index in [1.807, 2.05) is 22.6 Å². The minimum absolute atomic E-state index is 0.0297. The zero-order chi connectivity index (χ0) is 24.1. The maximum atomic E-state index is 12.9. The first-order valence-corrected chi connectivity index (χ1v) is 11.8. The van der Waals surface area contributed by atoms with Gasteiger partial charge < -0.3 is 19.9 Å². The summed E-state index contributed by atoms with van der Waals surface area (Å²) in [5.74, 6) is 0.0776. The number of carbonyl (C=O) groups excluding carboxylic acids is 2. The van der Waals surface area contributed by atoms with Crippen LogP contribution in [0.4, 0.5) is 0 Å². The van der Waals surface area contributed by atoms with E-state index in [-0.39, 0.29) is 18.2 Å². The van der Waals surface area contributed by atoms with Crippen molar-refractivity contribution in [2.45, 2.75) is 0 Å². The summed E-state index contributed by atoms with van der Waals surface area (Å²) in [7, 11) is 0. The predicted octanol–water partition coefficient (Wildman–Crippen LogP) is 4.41. The van der Waals surface area contributed by atoms with Crippen molar-refractivity contribution in [1.82, 2.24) is 10.7 Å². The van der Waals surface area contributed by atoms with Gasteiger partial charge in [-0.25, -0.2) is 5.43 Å². The number of rotatable bonds is 6. The Kier molecular flexibility index (Phi) is 7.48. The first-order chi connectivity index (χ1) is 16.4. The molecule has 0 aromatic heterocycles. The minimum Gasteiger partial charge on any atom is -0.506 e. The molecular weight excluding hydrogens is 617 g/mol. The lowest BCUT2D eigenvalue weighted by Crippen LogP contribution is -2.32. The summed E-state index contributed by atoms with van der Waals surface area (Å²) >= 11 is 5.35. The van der Waals surface area contributed by atoms with Crippen LogP contribution in [0.15, 0.2) is 75.9 Å². The van der Waals surface area contributed by atoms with Gasteiger partial charge in [0.2, 0.25) is 6.79 Å². The molecule has 10 heteroatoms. The summed E-state index contributed by atoms with van der Waals surface area (Å²) in [6, 6.07) is 17.1. The number of carbonyl (C=O) groups is 2. The Labute approximate surface area is 216 Å². The molecule has 1 aliphatic heterocycles. The minimum atomic E-state index is -0.651. The number of hydrogen-bond donors (Lipinski definition) is 3. The number of phenolic OH excluding ortho intramolecular Hbond substituents is 1. The van der Waals surface area contributed by atoms with Gasteiger partial charge in [-0.15, -0.1) is 0 Å². The monoisotopic (exact) mass is 633 g/mol. The number of nitrogens with one attached hydrogen (secondary N) is 2. The summed E-state index contributed by atoms with van der Waals surface area (Å²) in [4.78, 5) is 25.6. The Morgan fingerprint density at radius 3 is 2.62 bits per heavy atom. The Morgan fingerprint density at radius 1 is 1.06 bits per heavy atom. The molecule has 0 bridgehead atoms. The van der Waals surface area contributed by atoms with E-state index in [9.17, 15) is 14.7 Å². The molecule has 0 saturated carbocycles. The van der Waals surface area contributed by atoms with Crippen LogP contribution in [0.3, 0.4) is 0 Å². The molecule has 0 saturated heterocycles. The maximum absolute atomic E-state index is 12.9. The summed E-state index contributed by atoms with van der Waals surface area (Å²) in [6.07, 6.45) is 2.82. The average Bonchev–Trinajstić information content (AvgIpc) is 3.30. The molecule has 8 nitrogen and oxygen atoms in total. The molecule has 0 fully saturated rings. The van der Waals surface area contributed by atoms with Crippen LogP contribution in [0, 0.1) is 3.57 Å². The third-order valence-electron chi connectivity index (χ3n) is 4.66. The average molecular weight is 634 g/mol. The van der Waals surface area contributed by atoms with Gasteiger partial charge >= 0.3 is 0 Å². The van der Waals surface area contributed by atoms with E-state index in [1.54, 1.807) is 60.7 Å². The molecule has 3 aromatic carbocycles. The molecular formula is C24H17BrIN3O5. The number of phenols is 1. The number of hydrogen-bond acceptors (Lipinski definition) is 6. The summed E-state index contributed by atoms with van der Waals surface area (Å²) in [6.45, 7) is 0.122. The second-order valence-corrected chi connectivity index (χ2v) is 9.09. The number of ether oxygens (including phenoxy) is 2. The van der Waals surface area contributed by atoms with E-state index in [0.717, 1.165) is 4.47 Å². The first kappa shape index (κ1) is 23.8. The molecule has 0 aliphatic carbocycles. The van der Waals surface area contributed by atoms with Crippen LogP contribution in [0.25, 0.3) is 6.08 Å². The molecule has 0 radical (unpaired) electrons. The molecule has 3 N–H and O–H groups in total. The fraction of sp³-hybridized carbons (Fsp3) is 0.0417. The maximum Gasteiger partial charge on any atom is 0.287 e. The van der Waals surface area contributed by atoms with Gasteiger partial charge in [-0.2, -0.15) is 5.10 Å². The van der Waals surface area contributed by atoms with Gasteiger partial charge in [-0.1, -0.05) is 40.2 Å². The summed E-state index contributed by atoms with van der Waals surface area (Å²) in [5, 5.41) is 16.8. The first-order valence-electron chi connectivity index (χ1n) is 9.90. The van der Waals surface area contributed by atoms with Crippen molar-refractivity contribution < 1.29 is 24.2 Å². The van der Waals surface area contributed by atoms with Crippen molar-refractivity contribution in [1.29, 1.82) is 0 Å². The highest BCUT2D eigenvalue weighted by atomic mass is 127. The Bertz CT molecular complexity index is 1310. The van der Waals surface area contributed by atoms with E-state index in [4.69, 9.17) is 9.47 Å². The van der Waals surface area contributed by atoms with Crippen molar-refractivity contribution in [3.8, 4) is 17.2 Å². The number of benzene rings is 3. The molecule has 0 spiro atoms. The number of halogens is 2. The van der Waals surface area contributed by atoms with Crippen LogP contribution in [0.1, 0.15) is 21.5 Å². The molecule has 1 heterocycles. The van der Waals surface area contributed by atoms with Gasteiger partial charge in [-0.3, -0.25) is 9.59 Å². The SMILES string of the molecule is O=C(N/N=C/c1cc(Br)cc(I)c1O)/C(=C\c1ccc2c(c1)OCO2)NC(=O)c1ccccc1. The zero-order valence-corrected chi connectivity index (χ0v) is 21.2. The molecule has 0 atom stereocenters. The third kappa shape index (κ3) is 5.75. The standard InChI is InChI=1S/C24H17BrIN3O5/c25-17-10-16(22(30)18(26)11-17)12-27-29-24(32)19(28-23(31)15-4-2-1-3-5-15)8-14-6-7-20-21(9-14)34-13-33-20/h1-12,30H,13H2,(H,28,31)(H,29,32)/b19-8+,27-12+. The molecule has 0 unspecified atom stereocenters. The van der Waals surface area contributed by atoms with Crippen molar-refractivity contribution in [2.75, 3.05) is 6.79 Å². The fourth-order valence-electron chi connectivity index (χ4n) is 3.02. The Balaban J connectivity index is 1.58. The van der Waals surface area contributed by atoms with Crippen molar-refractivity contribution in [3.05, 3.63) is 91.1 Å². The Morgan fingerprint density at radius 2 is 1.82 bits per heavy atom. The fourth-order valence-corrected chi connectivity index (χ4v) is 4.57. The van der Waals surface area contributed by atoms with Gasteiger partial charge in [-0.05, 0) is 70.6 Å². The normalized spacial score (nSPS) is 12.6. The molecule has 34 heavy (non-hydrogen) atoms. The van der Waals surface area contributed by atoms with Crippen LogP contribution in [0.2, 0.25) is 0 Å². The molecule has 172 valence electrons. The number of amides is 2. The number of fused-ring (bicyclic) bond motifs is 1. The van der Waals surface area contributed by atoms with E-state index in [2.05, 4.69) is 31.8 Å². The van der Waals surface area contributed by atoms with Crippen LogP contribution >= 0.6 is 38.5 Å². The van der Waals surface area contributed by atoms with Crippen LogP contribution < -0.4 is 20.2 Å². The largest absolute Gasteiger partial charge is 0.506 e. The van der Waals surface area contributed by atoms with Gasteiger partial charge in [0.1, 0.15) is 11.4 Å². The Hall–Kier alpha value is -3.38. The van der Waals surface area contributed by atoms with E-state index in [1.165, 1.54) is 12.3 Å². The zero-order valence-electron chi connectivity index (χ0n) is 17.4. The predicted molar refractivity (Wildman–Crippen MR) is 139 cm³/mol. The second kappa shape index (κ2) is 10.7. The number of hydrazone groups is 1. The highest BCUT2D eigenvalue weighted by Crippen LogP contribution is 2.33. The van der Waals surface area contributed by atoms with E-state index < -0.39 is 11.8 Å². The van der Waals surface area contributed by atoms with Crippen molar-refractivity contribution in [3.63, 3.8) is 0 Å². The number of nitrogens with zero attached hydrogens (tertiary/aromatic N) is 1. The smallest absolute Gasteiger partial charge is 0.287 e. The highest BCUT2D eigenvalue weighted by Gasteiger charge is 2.17. The lowest BCUT2D eigenvalue weighted by molar-refractivity contribution is -0.117. The van der Waals surface area contributed by atoms with Gasteiger partial charge in [0.25, 0.3) is 11.8 Å². The lowest BCUT2D eigenvalue weighted by atomic mass is 10.1. The van der Waals surface area contributed by atoms with Crippen LogP contribution in [-0.2, 0) is 4.79 Å².